The minimum Gasteiger partial charge on any atom is -0.497 e. The van der Waals surface area contributed by atoms with Crippen LogP contribution in [-0.2, 0) is 6.54 Å². The number of carbonyl (C=O) groups excluding carboxylic acids is 1. The Morgan fingerprint density at radius 3 is 2.83 bits per heavy atom. The summed E-state index contributed by atoms with van der Waals surface area (Å²) in [6.45, 7) is 0.591. The standard InChI is InChI=1S/C18H20N2O3/c1-22-15-8-7-12-9-13-11-20(14-5-3-2-4-6-14)18(21)23-17(13)19-16(12)10-15/h7-10,14H,2-6,11H2,1H3. The molecule has 1 saturated carbocycles. The average molecular weight is 312 g/mol. The van der Waals surface area contributed by atoms with E-state index in [0.29, 0.717) is 18.5 Å². The van der Waals surface area contributed by atoms with Crippen molar-refractivity contribution in [1.29, 1.82) is 0 Å². The van der Waals surface area contributed by atoms with Gasteiger partial charge in [-0.2, -0.15) is 0 Å². The third-order valence-electron chi connectivity index (χ3n) is 4.84. The molecule has 5 nitrogen and oxygen atoms in total. The molecule has 1 aromatic carbocycles. The molecule has 0 N–H and O–H groups in total. The van der Waals surface area contributed by atoms with E-state index in [2.05, 4.69) is 11.1 Å². The van der Waals surface area contributed by atoms with Gasteiger partial charge in [0.25, 0.3) is 0 Å². The van der Waals surface area contributed by atoms with Gasteiger partial charge in [0.05, 0.1) is 19.2 Å². The molecule has 0 atom stereocenters. The molecule has 1 aromatic heterocycles. The number of aromatic nitrogens is 1. The lowest BCUT2D eigenvalue weighted by atomic mass is 9.94. The van der Waals surface area contributed by atoms with Crippen LogP contribution in [0.5, 0.6) is 11.6 Å². The first-order valence-corrected chi connectivity index (χ1v) is 8.21. The molecule has 2 aromatic rings. The first-order valence-electron chi connectivity index (χ1n) is 8.21. The second-order valence-corrected chi connectivity index (χ2v) is 6.30. The van der Waals surface area contributed by atoms with Crippen molar-refractivity contribution in [3.05, 3.63) is 29.8 Å². The summed E-state index contributed by atoms with van der Waals surface area (Å²) in [4.78, 5) is 18.7. The normalized spacial score (nSPS) is 18.7. The SMILES string of the molecule is COc1ccc2cc3c(nc2c1)OC(=O)N(C1CCCCC1)C3. The van der Waals surface area contributed by atoms with Crippen molar-refractivity contribution in [2.75, 3.05) is 7.11 Å². The van der Waals surface area contributed by atoms with Crippen molar-refractivity contribution in [3.8, 4) is 11.6 Å². The quantitative estimate of drug-likeness (QED) is 0.844. The first-order chi connectivity index (χ1) is 11.2. The van der Waals surface area contributed by atoms with Crippen LogP contribution in [0, 0.1) is 0 Å². The largest absolute Gasteiger partial charge is 0.497 e. The molecule has 23 heavy (non-hydrogen) atoms. The van der Waals surface area contributed by atoms with Gasteiger partial charge in [0.15, 0.2) is 0 Å². The molecule has 4 rings (SSSR count). The number of methoxy groups -OCH3 is 1. The van der Waals surface area contributed by atoms with Crippen molar-refractivity contribution in [1.82, 2.24) is 9.88 Å². The van der Waals surface area contributed by atoms with E-state index in [4.69, 9.17) is 9.47 Å². The highest BCUT2D eigenvalue weighted by Crippen LogP contribution is 2.33. The van der Waals surface area contributed by atoms with Crippen LogP contribution in [0.25, 0.3) is 10.9 Å². The van der Waals surface area contributed by atoms with Crippen LogP contribution in [0.15, 0.2) is 24.3 Å². The number of ether oxygens (including phenoxy) is 2. The lowest BCUT2D eigenvalue weighted by Crippen LogP contribution is -2.45. The minimum atomic E-state index is -0.265. The molecule has 0 bridgehead atoms. The average Bonchev–Trinajstić information content (AvgIpc) is 2.59. The van der Waals surface area contributed by atoms with Gasteiger partial charge in [-0.25, -0.2) is 9.78 Å². The third-order valence-corrected chi connectivity index (χ3v) is 4.84. The molecule has 1 fully saturated rings. The Labute approximate surface area is 135 Å². The molecule has 0 radical (unpaired) electrons. The highest BCUT2D eigenvalue weighted by Gasteiger charge is 2.32. The molecule has 2 heterocycles. The van der Waals surface area contributed by atoms with E-state index in [9.17, 15) is 4.79 Å². The molecule has 1 aliphatic heterocycles. The Morgan fingerprint density at radius 2 is 2.04 bits per heavy atom. The number of hydrogen-bond donors (Lipinski definition) is 0. The maximum absolute atomic E-state index is 12.4. The lowest BCUT2D eigenvalue weighted by molar-refractivity contribution is 0.0999. The summed E-state index contributed by atoms with van der Waals surface area (Å²) in [5.74, 6) is 1.18. The predicted molar refractivity (Wildman–Crippen MR) is 86.7 cm³/mol. The topological polar surface area (TPSA) is 51.7 Å². The number of fused-ring (bicyclic) bond motifs is 2. The third kappa shape index (κ3) is 2.60. The number of carbonyl (C=O) groups is 1. The second-order valence-electron chi connectivity index (χ2n) is 6.30. The highest BCUT2D eigenvalue weighted by molar-refractivity contribution is 5.83. The molecular weight excluding hydrogens is 292 g/mol. The van der Waals surface area contributed by atoms with Crippen LogP contribution in [-0.4, -0.2) is 29.1 Å². The fourth-order valence-electron chi connectivity index (χ4n) is 3.56. The van der Waals surface area contributed by atoms with E-state index in [-0.39, 0.29) is 6.09 Å². The smallest absolute Gasteiger partial charge is 0.417 e. The van der Waals surface area contributed by atoms with E-state index in [1.807, 2.05) is 23.1 Å². The Bertz CT molecular complexity index is 753. The van der Waals surface area contributed by atoms with Gasteiger partial charge in [-0.05, 0) is 31.0 Å². The molecule has 1 amide bonds. The Kier molecular flexibility index (Phi) is 3.56. The summed E-state index contributed by atoms with van der Waals surface area (Å²) in [6.07, 6.45) is 5.53. The molecule has 5 heteroatoms. The summed E-state index contributed by atoms with van der Waals surface area (Å²) in [7, 11) is 1.63. The summed E-state index contributed by atoms with van der Waals surface area (Å²) in [6, 6.07) is 8.14. The summed E-state index contributed by atoms with van der Waals surface area (Å²) >= 11 is 0. The number of hydrogen-bond acceptors (Lipinski definition) is 4. The van der Waals surface area contributed by atoms with Gasteiger partial charge in [-0.3, -0.25) is 0 Å². The van der Waals surface area contributed by atoms with Gasteiger partial charge in [0.2, 0.25) is 5.88 Å². The lowest BCUT2D eigenvalue weighted by Gasteiger charge is -2.36. The van der Waals surface area contributed by atoms with E-state index in [1.165, 1.54) is 19.3 Å². The molecule has 0 spiro atoms. The van der Waals surface area contributed by atoms with Gasteiger partial charge >= 0.3 is 6.09 Å². The predicted octanol–water partition coefficient (Wildman–Crippen LogP) is 3.89. The molecular formula is C18H20N2O3. The van der Waals surface area contributed by atoms with Gasteiger partial charge in [0, 0.05) is 23.1 Å². The van der Waals surface area contributed by atoms with Crippen LogP contribution in [0.1, 0.15) is 37.7 Å². The van der Waals surface area contributed by atoms with Gasteiger partial charge in [0.1, 0.15) is 5.75 Å². The summed E-state index contributed by atoms with van der Waals surface area (Å²) in [5, 5.41) is 1.03. The zero-order valence-corrected chi connectivity index (χ0v) is 13.2. The summed E-state index contributed by atoms with van der Waals surface area (Å²) in [5.41, 5.74) is 1.76. The van der Waals surface area contributed by atoms with Crippen LogP contribution in [0.2, 0.25) is 0 Å². The molecule has 2 aliphatic rings. The Morgan fingerprint density at radius 1 is 1.22 bits per heavy atom. The molecule has 0 unspecified atom stereocenters. The zero-order chi connectivity index (χ0) is 15.8. The van der Waals surface area contributed by atoms with Gasteiger partial charge in [-0.1, -0.05) is 19.3 Å². The number of pyridine rings is 1. The maximum Gasteiger partial charge on any atom is 0.417 e. The van der Waals surface area contributed by atoms with Crippen LogP contribution in [0.4, 0.5) is 4.79 Å². The van der Waals surface area contributed by atoms with Gasteiger partial charge in [-0.15, -0.1) is 0 Å². The number of rotatable bonds is 2. The van der Waals surface area contributed by atoms with Crippen LogP contribution in [0.3, 0.4) is 0 Å². The monoisotopic (exact) mass is 312 g/mol. The molecule has 0 saturated heterocycles. The van der Waals surface area contributed by atoms with Crippen molar-refractivity contribution < 1.29 is 14.3 Å². The fraction of sp³-hybridized carbons (Fsp3) is 0.444. The van der Waals surface area contributed by atoms with E-state index >= 15 is 0 Å². The van der Waals surface area contributed by atoms with E-state index in [0.717, 1.165) is 35.1 Å². The van der Waals surface area contributed by atoms with Crippen LogP contribution < -0.4 is 9.47 Å². The van der Waals surface area contributed by atoms with Crippen LogP contribution >= 0.6 is 0 Å². The number of benzene rings is 1. The Balaban J connectivity index is 1.68. The van der Waals surface area contributed by atoms with Crippen molar-refractivity contribution in [3.63, 3.8) is 0 Å². The molecule has 120 valence electrons. The fourth-order valence-corrected chi connectivity index (χ4v) is 3.56. The first kappa shape index (κ1) is 14.3. The Hall–Kier alpha value is -2.30. The van der Waals surface area contributed by atoms with Crippen molar-refractivity contribution >= 4 is 17.0 Å². The maximum atomic E-state index is 12.4. The highest BCUT2D eigenvalue weighted by atomic mass is 16.6. The molecule has 1 aliphatic carbocycles. The number of nitrogens with zero attached hydrogens (tertiary/aromatic N) is 2. The summed E-state index contributed by atoms with van der Waals surface area (Å²) < 4.78 is 10.7. The van der Waals surface area contributed by atoms with E-state index in [1.54, 1.807) is 7.11 Å². The minimum absolute atomic E-state index is 0.265. The second kappa shape index (κ2) is 5.72. The van der Waals surface area contributed by atoms with Crippen molar-refractivity contribution in [2.24, 2.45) is 0 Å². The number of amides is 1. The van der Waals surface area contributed by atoms with Gasteiger partial charge < -0.3 is 14.4 Å². The van der Waals surface area contributed by atoms with E-state index < -0.39 is 0 Å². The van der Waals surface area contributed by atoms with Crippen molar-refractivity contribution in [2.45, 2.75) is 44.7 Å². The zero-order valence-electron chi connectivity index (χ0n) is 13.2.